The number of nitrogen functional groups attached to an aromatic ring is 1. The van der Waals surface area contributed by atoms with E-state index in [1.807, 2.05) is 30.3 Å². The second-order valence-electron chi connectivity index (χ2n) is 5.83. The topological polar surface area (TPSA) is 123 Å². The zero-order valence-corrected chi connectivity index (χ0v) is 15.5. The molecule has 0 saturated carbocycles. The summed E-state index contributed by atoms with van der Waals surface area (Å²) in [4.78, 5) is 42.6. The Balaban J connectivity index is 1.75. The standard InChI is InChI=1S/C18H19N5O3S/c1-2-23-16(19)15(17(25)22-18(23)26)12-10-27-14(21-12)8-13(24)20-9-11-6-4-3-5-7-11/h3-7,10H,2,8-9,19H2,1H3,(H,20,24)(H,22,25,26). The molecule has 0 saturated heterocycles. The van der Waals surface area contributed by atoms with Crippen molar-refractivity contribution in [3.8, 4) is 11.3 Å². The van der Waals surface area contributed by atoms with Crippen molar-refractivity contribution >= 4 is 23.1 Å². The molecule has 0 aliphatic heterocycles. The molecule has 0 aliphatic rings. The fourth-order valence-corrected chi connectivity index (χ4v) is 3.44. The highest BCUT2D eigenvalue weighted by molar-refractivity contribution is 7.10. The number of nitrogens with zero attached hydrogens (tertiary/aromatic N) is 2. The number of amides is 1. The summed E-state index contributed by atoms with van der Waals surface area (Å²) in [6.07, 6.45) is 0.0999. The SMILES string of the molecule is CCn1c(N)c(-c2csc(CC(=O)NCc3ccccc3)n2)c(=O)[nH]c1=O. The lowest BCUT2D eigenvalue weighted by Gasteiger charge is -2.08. The van der Waals surface area contributed by atoms with E-state index in [-0.39, 0.29) is 23.7 Å². The van der Waals surface area contributed by atoms with Gasteiger partial charge in [-0.25, -0.2) is 9.78 Å². The number of H-pyrrole nitrogens is 1. The lowest BCUT2D eigenvalue weighted by Crippen LogP contribution is -2.33. The van der Waals surface area contributed by atoms with Gasteiger partial charge in [-0.3, -0.25) is 19.1 Å². The van der Waals surface area contributed by atoms with Gasteiger partial charge in [0.05, 0.1) is 12.1 Å². The Kier molecular flexibility index (Phi) is 5.51. The van der Waals surface area contributed by atoms with Gasteiger partial charge in [-0.2, -0.15) is 0 Å². The summed E-state index contributed by atoms with van der Waals surface area (Å²) >= 11 is 1.26. The normalized spacial score (nSPS) is 10.7. The summed E-state index contributed by atoms with van der Waals surface area (Å²) in [6.45, 7) is 2.52. The van der Waals surface area contributed by atoms with Crippen LogP contribution in [0.3, 0.4) is 0 Å². The molecule has 9 heteroatoms. The summed E-state index contributed by atoms with van der Waals surface area (Å²) in [7, 11) is 0. The molecule has 1 aromatic carbocycles. The molecular weight excluding hydrogens is 366 g/mol. The van der Waals surface area contributed by atoms with Crippen molar-refractivity contribution in [2.45, 2.75) is 26.4 Å². The van der Waals surface area contributed by atoms with Gasteiger partial charge in [0, 0.05) is 18.5 Å². The predicted molar refractivity (Wildman–Crippen MR) is 105 cm³/mol. The van der Waals surface area contributed by atoms with Crippen molar-refractivity contribution in [1.29, 1.82) is 0 Å². The van der Waals surface area contributed by atoms with E-state index >= 15 is 0 Å². The summed E-state index contributed by atoms with van der Waals surface area (Å²) < 4.78 is 1.27. The maximum absolute atomic E-state index is 12.2. The van der Waals surface area contributed by atoms with Gasteiger partial charge >= 0.3 is 5.69 Å². The van der Waals surface area contributed by atoms with Crippen LogP contribution in [0.15, 0.2) is 45.3 Å². The summed E-state index contributed by atoms with van der Waals surface area (Å²) in [5.74, 6) is -0.100. The minimum absolute atomic E-state index is 0.0663. The third-order valence-corrected chi connectivity index (χ3v) is 4.86. The minimum Gasteiger partial charge on any atom is -0.384 e. The quantitative estimate of drug-likeness (QED) is 0.587. The molecule has 1 amide bonds. The molecular formula is C18H19N5O3S. The second-order valence-corrected chi connectivity index (χ2v) is 6.77. The first-order valence-corrected chi connectivity index (χ1v) is 9.25. The number of carbonyl (C=O) groups is 1. The molecule has 3 aromatic rings. The highest BCUT2D eigenvalue weighted by Gasteiger charge is 2.17. The van der Waals surface area contributed by atoms with Crippen molar-refractivity contribution in [3.05, 3.63) is 67.1 Å². The molecule has 8 nitrogen and oxygen atoms in total. The van der Waals surface area contributed by atoms with E-state index in [9.17, 15) is 14.4 Å². The molecule has 0 bridgehead atoms. The number of thiazole rings is 1. The molecule has 0 aliphatic carbocycles. The highest BCUT2D eigenvalue weighted by Crippen LogP contribution is 2.23. The van der Waals surface area contributed by atoms with Gasteiger partial charge in [0.1, 0.15) is 16.4 Å². The number of hydrogen-bond acceptors (Lipinski definition) is 6. The molecule has 0 atom stereocenters. The molecule has 2 aromatic heterocycles. The van der Waals surface area contributed by atoms with Crippen LogP contribution in [-0.2, 0) is 24.3 Å². The first-order chi connectivity index (χ1) is 13.0. The van der Waals surface area contributed by atoms with Crippen LogP contribution in [0.4, 0.5) is 5.82 Å². The van der Waals surface area contributed by atoms with Crippen molar-refractivity contribution < 1.29 is 4.79 Å². The predicted octanol–water partition coefficient (Wildman–Crippen LogP) is 1.12. The third-order valence-electron chi connectivity index (χ3n) is 4.01. The summed E-state index contributed by atoms with van der Waals surface area (Å²) in [5, 5.41) is 5.05. The molecule has 0 radical (unpaired) electrons. The van der Waals surface area contributed by atoms with Gasteiger partial charge in [-0.05, 0) is 12.5 Å². The second kappa shape index (κ2) is 8.00. The first kappa shape index (κ1) is 18.6. The van der Waals surface area contributed by atoms with Crippen LogP contribution in [0.2, 0.25) is 0 Å². The maximum atomic E-state index is 12.2. The van der Waals surface area contributed by atoms with Gasteiger partial charge < -0.3 is 11.1 Å². The van der Waals surface area contributed by atoms with Crippen LogP contribution in [0.25, 0.3) is 11.3 Å². The number of rotatable bonds is 6. The van der Waals surface area contributed by atoms with E-state index in [0.29, 0.717) is 23.8 Å². The number of nitrogens with one attached hydrogen (secondary N) is 2. The Morgan fingerprint density at radius 1 is 1.30 bits per heavy atom. The number of hydrogen-bond donors (Lipinski definition) is 3. The van der Waals surface area contributed by atoms with Gasteiger partial charge in [-0.1, -0.05) is 30.3 Å². The molecule has 0 fully saturated rings. The van der Waals surface area contributed by atoms with E-state index in [2.05, 4.69) is 15.3 Å². The lowest BCUT2D eigenvalue weighted by molar-refractivity contribution is -0.120. The Bertz CT molecular complexity index is 1070. The number of carbonyl (C=O) groups excluding carboxylic acids is 1. The van der Waals surface area contributed by atoms with Crippen LogP contribution < -0.4 is 22.3 Å². The fourth-order valence-electron chi connectivity index (χ4n) is 2.65. The number of aromatic nitrogens is 3. The van der Waals surface area contributed by atoms with E-state index in [1.165, 1.54) is 15.9 Å². The minimum atomic E-state index is -0.590. The number of nitrogens with two attached hydrogens (primary N) is 1. The van der Waals surface area contributed by atoms with E-state index in [1.54, 1.807) is 12.3 Å². The molecule has 0 spiro atoms. The molecule has 27 heavy (non-hydrogen) atoms. The van der Waals surface area contributed by atoms with Crippen molar-refractivity contribution in [3.63, 3.8) is 0 Å². The van der Waals surface area contributed by atoms with Gasteiger partial charge in [-0.15, -0.1) is 11.3 Å². The zero-order chi connectivity index (χ0) is 19.4. The molecule has 4 N–H and O–H groups in total. The smallest absolute Gasteiger partial charge is 0.329 e. The molecule has 140 valence electrons. The van der Waals surface area contributed by atoms with Crippen LogP contribution in [-0.4, -0.2) is 20.4 Å². The van der Waals surface area contributed by atoms with Gasteiger partial charge in [0.15, 0.2) is 0 Å². The Morgan fingerprint density at radius 3 is 2.74 bits per heavy atom. The Morgan fingerprint density at radius 2 is 2.04 bits per heavy atom. The monoisotopic (exact) mass is 385 g/mol. The average molecular weight is 385 g/mol. The van der Waals surface area contributed by atoms with Crippen molar-refractivity contribution in [2.24, 2.45) is 0 Å². The summed E-state index contributed by atoms with van der Waals surface area (Å²) in [6, 6.07) is 9.59. The highest BCUT2D eigenvalue weighted by atomic mass is 32.1. The average Bonchev–Trinajstić information content (AvgIpc) is 3.08. The van der Waals surface area contributed by atoms with Crippen molar-refractivity contribution in [1.82, 2.24) is 19.9 Å². The largest absolute Gasteiger partial charge is 0.384 e. The van der Waals surface area contributed by atoms with Crippen molar-refractivity contribution in [2.75, 3.05) is 5.73 Å². The van der Waals surface area contributed by atoms with Crippen LogP contribution in [0, 0.1) is 0 Å². The fraction of sp³-hybridized carbons (Fsp3) is 0.222. The van der Waals surface area contributed by atoms with Crippen LogP contribution in [0.5, 0.6) is 0 Å². The number of anilines is 1. The number of aromatic amines is 1. The Hall–Kier alpha value is -3.20. The summed E-state index contributed by atoms with van der Waals surface area (Å²) in [5.41, 5.74) is 6.33. The van der Waals surface area contributed by atoms with Gasteiger partial charge in [0.2, 0.25) is 5.91 Å². The first-order valence-electron chi connectivity index (χ1n) is 8.37. The van der Waals surface area contributed by atoms with Gasteiger partial charge in [0.25, 0.3) is 5.56 Å². The Labute approximate surface area is 158 Å². The van der Waals surface area contributed by atoms with Crippen LogP contribution in [0.1, 0.15) is 17.5 Å². The molecule has 3 rings (SSSR count). The molecule has 2 heterocycles. The third kappa shape index (κ3) is 4.14. The van der Waals surface area contributed by atoms with E-state index in [4.69, 9.17) is 5.73 Å². The number of benzene rings is 1. The molecule has 0 unspecified atom stereocenters. The zero-order valence-electron chi connectivity index (χ0n) is 14.7. The van der Waals surface area contributed by atoms with E-state index < -0.39 is 11.2 Å². The maximum Gasteiger partial charge on any atom is 0.329 e. The van der Waals surface area contributed by atoms with E-state index in [0.717, 1.165) is 5.56 Å². The van der Waals surface area contributed by atoms with Crippen LogP contribution >= 0.6 is 11.3 Å². The lowest BCUT2D eigenvalue weighted by atomic mass is 10.2.